The average molecular weight is 389 g/mol. The summed E-state index contributed by atoms with van der Waals surface area (Å²) in [6.45, 7) is 5.03. The van der Waals surface area contributed by atoms with Gasteiger partial charge in [0.05, 0.1) is 24.2 Å². The summed E-state index contributed by atoms with van der Waals surface area (Å²) in [6.07, 6.45) is 3.94. The molecule has 0 spiro atoms. The van der Waals surface area contributed by atoms with Gasteiger partial charge >= 0.3 is 0 Å². The molecule has 29 heavy (non-hydrogen) atoms. The first-order valence-corrected chi connectivity index (χ1v) is 10.3. The lowest BCUT2D eigenvalue weighted by atomic mass is 9.98. The van der Waals surface area contributed by atoms with E-state index < -0.39 is 0 Å². The summed E-state index contributed by atoms with van der Waals surface area (Å²) < 4.78 is 7.47. The van der Waals surface area contributed by atoms with Crippen LogP contribution >= 0.6 is 0 Å². The number of carbonyl (C=O) groups excluding carboxylic acids is 1. The Hall–Kier alpha value is -2.92. The van der Waals surface area contributed by atoms with Gasteiger partial charge < -0.3 is 9.64 Å². The molecular formula is C24H27N3O2. The lowest BCUT2D eigenvalue weighted by molar-refractivity contribution is 0.0501. The fraction of sp³-hybridized carbons (Fsp3) is 0.333. The highest BCUT2D eigenvalue weighted by Gasteiger charge is 2.25. The van der Waals surface area contributed by atoms with Crippen molar-refractivity contribution in [1.82, 2.24) is 14.7 Å². The topological polar surface area (TPSA) is 47.4 Å². The molecule has 5 nitrogen and oxygen atoms in total. The van der Waals surface area contributed by atoms with Gasteiger partial charge in [-0.3, -0.25) is 4.79 Å². The number of hydrogen-bond acceptors (Lipinski definition) is 3. The van der Waals surface area contributed by atoms with Crippen LogP contribution in [-0.2, 0) is 4.74 Å². The summed E-state index contributed by atoms with van der Waals surface area (Å²) in [4.78, 5) is 15.1. The zero-order valence-corrected chi connectivity index (χ0v) is 16.8. The van der Waals surface area contributed by atoms with Gasteiger partial charge in [0.1, 0.15) is 0 Å². The van der Waals surface area contributed by atoms with Crippen LogP contribution in [-0.4, -0.2) is 46.9 Å². The minimum absolute atomic E-state index is 0.0847. The molecule has 150 valence electrons. The number of amides is 1. The molecule has 1 aromatic heterocycles. The summed E-state index contributed by atoms with van der Waals surface area (Å²) in [5, 5.41) is 4.50. The van der Waals surface area contributed by atoms with Crippen LogP contribution in [0.1, 0.15) is 30.1 Å². The van der Waals surface area contributed by atoms with E-state index in [-0.39, 0.29) is 5.91 Å². The highest BCUT2D eigenvalue weighted by atomic mass is 16.5. The number of rotatable bonds is 6. The van der Waals surface area contributed by atoms with Crippen molar-refractivity contribution in [2.45, 2.75) is 19.8 Å². The molecule has 2 heterocycles. The number of nitrogens with zero attached hydrogens (tertiary/aromatic N) is 3. The van der Waals surface area contributed by atoms with E-state index in [4.69, 9.17) is 4.74 Å². The van der Waals surface area contributed by atoms with Crippen LogP contribution in [0.5, 0.6) is 0 Å². The van der Waals surface area contributed by atoms with Gasteiger partial charge in [0.25, 0.3) is 5.91 Å². The van der Waals surface area contributed by atoms with Crippen molar-refractivity contribution < 1.29 is 9.53 Å². The molecule has 1 atom stereocenters. The number of piperidine rings is 1. The van der Waals surface area contributed by atoms with Crippen LogP contribution in [0.3, 0.4) is 0 Å². The van der Waals surface area contributed by atoms with Gasteiger partial charge in [-0.25, -0.2) is 4.68 Å². The van der Waals surface area contributed by atoms with Crippen molar-refractivity contribution >= 4 is 5.91 Å². The Morgan fingerprint density at radius 3 is 2.83 bits per heavy atom. The molecule has 0 saturated carbocycles. The van der Waals surface area contributed by atoms with Crippen LogP contribution in [0.4, 0.5) is 0 Å². The van der Waals surface area contributed by atoms with Crippen molar-refractivity contribution in [3.05, 3.63) is 72.4 Å². The largest absolute Gasteiger partial charge is 0.381 e. The highest BCUT2D eigenvalue weighted by Crippen LogP contribution is 2.24. The molecular weight excluding hydrogens is 362 g/mol. The molecule has 5 heteroatoms. The van der Waals surface area contributed by atoms with Gasteiger partial charge in [0, 0.05) is 30.8 Å². The molecule has 4 rings (SSSR count). The van der Waals surface area contributed by atoms with Crippen LogP contribution < -0.4 is 0 Å². The third-order valence-electron chi connectivity index (χ3n) is 5.41. The predicted molar refractivity (Wildman–Crippen MR) is 114 cm³/mol. The van der Waals surface area contributed by atoms with Gasteiger partial charge in [-0.1, -0.05) is 36.4 Å². The maximum atomic E-state index is 13.2. The molecule has 0 aliphatic carbocycles. The maximum Gasteiger partial charge on any atom is 0.253 e. The van der Waals surface area contributed by atoms with Crippen LogP contribution in [0.15, 0.2) is 66.9 Å². The molecule has 0 N–H and O–H groups in total. The first kappa shape index (κ1) is 19.4. The van der Waals surface area contributed by atoms with E-state index >= 15 is 0 Å². The van der Waals surface area contributed by atoms with Gasteiger partial charge in [-0.05, 0) is 49.9 Å². The Bertz CT molecular complexity index is 952. The third kappa shape index (κ3) is 4.40. The van der Waals surface area contributed by atoms with E-state index in [1.165, 1.54) is 0 Å². The Morgan fingerprint density at radius 2 is 2.00 bits per heavy atom. The van der Waals surface area contributed by atoms with Gasteiger partial charge in [-0.15, -0.1) is 0 Å². The number of carbonyl (C=O) groups is 1. The average Bonchev–Trinajstić information content (AvgIpc) is 3.28. The zero-order chi connectivity index (χ0) is 20.1. The summed E-state index contributed by atoms with van der Waals surface area (Å²) in [6, 6.07) is 19.9. The normalized spacial score (nSPS) is 16.7. The van der Waals surface area contributed by atoms with Gasteiger partial charge in [-0.2, -0.15) is 5.10 Å². The lowest BCUT2D eigenvalue weighted by Crippen LogP contribution is -2.41. The molecule has 1 fully saturated rings. The summed E-state index contributed by atoms with van der Waals surface area (Å²) in [5.74, 6) is 0.507. The lowest BCUT2D eigenvalue weighted by Gasteiger charge is -2.32. The number of ether oxygens (including phenoxy) is 1. The standard InChI is InChI=1S/C24H27N3O2/c1-2-29-18-19-8-7-15-26(17-19)24(28)21-11-6-12-22(16-21)27-23(13-14-25-27)20-9-4-3-5-10-20/h3-6,9-14,16,19H,2,7-8,15,17-18H2,1H3. The van der Waals surface area contributed by atoms with Crippen molar-refractivity contribution in [2.24, 2.45) is 5.92 Å². The van der Waals surface area contributed by atoms with E-state index in [0.717, 1.165) is 56.1 Å². The van der Waals surface area contributed by atoms with Crippen LogP contribution in [0, 0.1) is 5.92 Å². The molecule has 0 radical (unpaired) electrons. The fourth-order valence-electron chi connectivity index (χ4n) is 3.96. The van der Waals surface area contributed by atoms with Crippen LogP contribution in [0.25, 0.3) is 16.9 Å². The Balaban J connectivity index is 1.56. The minimum Gasteiger partial charge on any atom is -0.381 e. The van der Waals surface area contributed by atoms with Crippen LogP contribution in [0.2, 0.25) is 0 Å². The maximum absolute atomic E-state index is 13.2. The van der Waals surface area contributed by atoms with E-state index in [1.807, 2.05) is 65.0 Å². The molecule has 0 bridgehead atoms. The van der Waals surface area contributed by atoms with Gasteiger partial charge in [0.15, 0.2) is 0 Å². The van der Waals surface area contributed by atoms with Gasteiger partial charge in [0.2, 0.25) is 0 Å². The molecule has 1 aliphatic heterocycles. The first-order valence-electron chi connectivity index (χ1n) is 10.3. The summed E-state index contributed by atoms with van der Waals surface area (Å²) in [7, 11) is 0. The van der Waals surface area contributed by atoms with E-state index in [1.54, 1.807) is 6.20 Å². The fourth-order valence-corrected chi connectivity index (χ4v) is 3.96. The Labute approximate surface area is 171 Å². The van der Waals surface area contributed by atoms with E-state index in [0.29, 0.717) is 11.5 Å². The first-order chi connectivity index (χ1) is 14.3. The second kappa shape index (κ2) is 9.05. The zero-order valence-electron chi connectivity index (χ0n) is 16.8. The molecule has 1 unspecified atom stereocenters. The van der Waals surface area contributed by atoms with E-state index in [9.17, 15) is 4.79 Å². The minimum atomic E-state index is 0.0847. The second-order valence-corrected chi connectivity index (χ2v) is 7.46. The highest BCUT2D eigenvalue weighted by molar-refractivity contribution is 5.94. The smallest absolute Gasteiger partial charge is 0.253 e. The Kier molecular flexibility index (Phi) is 6.06. The molecule has 1 amide bonds. The third-order valence-corrected chi connectivity index (χ3v) is 5.41. The molecule has 1 aliphatic rings. The van der Waals surface area contributed by atoms with Crippen molar-refractivity contribution in [3.8, 4) is 16.9 Å². The molecule has 2 aromatic carbocycles. The predicted octanol–water partition coefficient (Wildman–Crippen LogP) is 4.43. The number of likely N-dealkylation sites (tertiary alicyclic amines) is 1. The quantitative estimate of drug-likeness (QED) is 0.627. The number of hydrogen-bond donors (Lipinski definition) is 0. The van der Waals surface area contributed by atoms with E-state index in [2.05, 4.69) is 17.2 Å². The second-order valence-electron chi connectivity index (χ2n) is 7.46. The monoisotopic (exact) mass is 389 g/mol. The summed E-state index contributed by atoms with van der Waals surface area (Å²) >= 11 is 0. The number of benzene rings is 2. The molecule has 3 aromatic rings. The molecule has 1 saturated heterocycles. The number of aromatic nitrogens is 2. The van der Waals surface area contributed by atoms with Crippen molar-refractivity contribution in [2.75, 3.05) is 26.3 Å². The SMILES string of the molecule is CCOCC1CCCN(C(=O)c2cccc(-n3nccc3-c3ccccc3)c2)C1. The summed E-state index contributed by atoms with van der Waals surface area (Å²) in [5.41, 5.74) is 3.69. The Morgan fingerprint density at radius 1 is 1.14 bits per heavy atom. The van der Waals surface area contributed by atoms with Crippen molar-refractivity contribution in [1.29, 1.82) is 0 Å². The van der Waals surface area contributed by atoms with Crippen molar-refractivity contribution in [3.63, 3.8) is 0 Å².